The van der Waals surface area contributed by atoms with Gasteiger partial charge in [0.15, 0.2) is 0 Å². The number of H-pyrrole nitrogens is 1. The number of benzene rings is 1. The van der Waals surface area contributed by atoms with Crippen LogP contribution in [0.25, 0.3) is 16.8 Å². The number of aromatic nitrogens is 4. The minimum atomic E-state index is -4.43. The van der Waals surface area contributed by atoms with E-state index in [4.69, 9.17) is 4.42 Å². The zero-order valence-electron chi connectivity index (χ0n) is 18.6. The van der Waals surface area contributed by atoms with Gasteiger partial charge in [-0.1, -0.05) is 12.1 Å². The molecule has 3 aromatic heterocycles. The van der Waals surface area contributed by atoms with Gasteiger partial charge in [-0.05, 0) is 31.2 Å². The van der Waals surface area contributed by atoms with E-state index in [1.165, 1.54) is 6.07 Å². The summed E-state index contributed by atoms with van der Waals surface area (Å²) in [4.78, 5) is 33.7. The van der Waals surface area contributed by atoms with Crippen LogP contribution in [0.15, 0.2) is 62.8 Å². The van der Waals surface area contributed by atoms with Crippen LogP contribution in [0.4, 0.5) is 19.0 Å². The molecular weight excluding hydrogens is 465 g/mol. The highest BCUT2D eigenvalue weighted by Gasteiger charge is 2.32. The van der Waals surface area contributed by atoms with Gasteiger partial charge in [0, 0.05) is 44.0 Å². The van der Waals surface area contributed by atoms with Crippen molar-refractivity contribution in [3.63, 3.8) is 0 Å². The number of alkyl halides is 3. The van der Waals surface area contributed by atoms with Crippen LogP contribution in [0.5, 0.6) is 0 Å². The van der Waals surface area contributed by atoms with Gasteiger partial charge in [0.25, 0.3) is 5.56 Å². The summed E-state index contributed by atoms with van der Waals surface area (Å²) in [5, 5.41) is 7.04. The highest BCUT2D eigenvalue weighted by atomic mass is 19.4. The molecule has 9 nitrogen and oxygen atoms in total. The summed E-state index contributed by atoms with van der Waals surface area (Å²) >= 11 is 0. The van der Waals surface area contributed by atoms with E-state index in [1.54, 1.807) is 30.5 Å². The molecule has 0 spiro atoms. The average Bonchev–Trinajstić information content (AvgIpc) is 3.26. The standard InChI is InChI=1S/C23H21F3N6O3/c1-14-12-30(8-9-31(14)19-7-6-16(11-27-19)23(24,25)26)13-15-10-28-29-20(15)32-21(33)17-4-2-3-5-18(17)35-22(32)34/h2-7,10-11,14H,8-9,12-13H2,1H3,(H,28,29)/t14-/m0/s1. The van der Waals surface area contributed by atoms with Gasteiger partial charge >= 0.3 is 11.9 Å². The first kappa shape index (κ1) is 22.8. The summed E-state index contributed by atoms with van der Waals surface area (Å²) in [6, 6.07) is 8.90. The lowest BCUT2D eigenvalue weighted by molar-refractivity contribution is -0.137. The summed E-state index contributed by atoms with van der Waals surface area (Å²) in [7, 11) is 0. The Labute approximate surface area is 196 Å². The highest BCUT2D eigenvalue weighted by Crippen LogP contribution is 2.30. The number of hydrogen-bond donors (Lipinski definition) is 1. The number of halogens is 3. The van der Waals surface area contributed by atoms with E-state index in [0.717, 1.165) is 16.8 Å². The first-order valence-corrected chi connectivity index (χ1v) is 10.9. The maximum atomic E-state index is 13.0. The predicted molar refractivity (Wildman–Crippen MR) is 122 cm³/mol. The number of nitrogens with one attached hydrogen (secondary N) is 1. The van der Waals surface area contributed by atoms with Gasteiger partial charge in [-0.3, -0.25) is 14.8 Å². The molecule has 4 heterocycles. The number of piperazine rings is 1. The molecule has 35 heavy (non-hydrogen) atoms. The minimum Gasteiger partial charge on any atom is -0.409 e. The number of para-hydroxylation sites is 1. The molecule has 12 heteroatoms. The number of nitrogens with zero attached hydrogens (tertiary/aromatic N) is 5. The lowest BCUT2D eigenvalue weighted by atomic mass is 10.1. The Morgan fingerprint density at radius 2 is 1.91 bits per heavy atom. The van der Waals surface area contributed by atoms with E-state index in [-0.39, 0.29) is 22.8 Å². The number of rotatable bonds is 4. The van der Waals surface area contributed by atoms with Crippen molar-refractivity contribution in [3.8, 4) is 5.82 Å². The van der Waals surface area contributed by atoms with Crippen LogP contribution in [-0.2, 0) is 12.7 Å². The maximum absolute atomic E-state index is 13.0. The van der Waals surface area contributed by atoms with Crippen LogP contribution in [0, 0.1) is 0 Å². The molecule has 1 aliphatic heterocycles. The molecule has 0 bridgehead atoms. The fourth-order valence-corrected chi connectivity index (χ4v) is 4.36. The molecule has 182 valence electrons. The lowest BCUT2D eigenvalue weighted by Crippen LogP contribution is -2.52. The van der Waals surface area contributed by atoms with Gasteiger partial charge in [0.1, 0.15) is 17.2 Å². The number of anilines is 1. The van der Waals surface area contributed by atoms with Gasteiger partial charge in [-0.2, -0.15) is 22.8 Å². The van der Waals surface area contributed by atoms with E-state index in [9.17, 15) is 22.8 Å². The van der Waals surface area contributed by atoms with Gasteiger partial charge in [-0.25, -0.2) is 9.78 Å². The zero-order chi connectivity index (χ0) is 24.7. The molecule has 1 N–H and O–H groups in total. The summed E-state index contributed by atoms with van der Waals surface area (Å²) in [6.07, 6.45) is -2.02. The van der Waals surface area contributed by atoms with Crippen molar-refractivity contribution in [1.29, 1.82) is 0 Å². The van der Waals surface area contributed by atoms with Crippen LogP contribution in [-0.4, -0.2) is 50.3 Å². The third kappa shape index (κ3) is 4.32. The van der Waals surface area contributed by atoms with E-state index in [1.807, 2.05) is 11.8 Å². The van der Waals surface area contributed by atoms with Crippen molar-refractivity contribution >= 4 is 16.8 Å². The predicted octanol–water partition coefficient (Wildman–Crippen LogP) is 2.79. The molecule has 1 fully saturated rings. The quantitative estimate of drug-likeness (QED) is 0.474. The third-order valence-corrected chi connectivity index (χ3v) is 6.09. The second-order valence-corrected chi connectivity index (χ2v) is 8.43. The molecule has 5 rings (SSSR count). The van der Waals surface area contributed by atoms with Gasteiger partial charge in [0.05, 0.1) is 17.1 Å². The van der Waals surface area contributed by atoms with Crippen molar-refractivity contribution in [2.45, 2.75) is 25.7 Å². The SMILES string of the molecule is C[C@H]1CN(Cc2cn[nH]c2-n2c(=O)oc3ccccc3c2=O)CCN1c1ccc(C(F)(F)F)cn1. The number of pyridine rings is 1. The zero-order valence-corrected chi connectivity index (χ0v) is 18.6. The Balaban J connectivity index is 1.34. The normalized spacial score (nSPS) is 17.3. The molecule has 0 aliphatic carbocycles. The fraction of sp³-hybridized carbons (Fsp3) is 0.304. The first-order valence-electron chi connectivity index (χ1n) is 10.9. The molecule has 1 saturated heterocycles. The van der Waals surface area contributed by atoms with Crippen molar-refractivity contribution < 1.29 is 17.6 Å². The number of fused-ring (bicyclic) bond motifs is 1. The molecule has 0 unspecified atom stereocenters. The third-order valence-electron chi connectivity index (χ3n) is 6.09. The van der Waals surface area contributed by atoms with E-state index in [0.29, 0.717) is 37.6 Å². The molecule has 4 aromatic rings. The molecule has 1 aromatic carbocycles. The van der Waals surface area contributed by atoms with Crippen LogP contribution in [0.3, 0.4) is 0 Å². The van der Waals surface area contributed by atoms with Crippen molar-refractivity contribution in [2.24, 2.45) is 0 Å². The van der Waals surface area contributed by atoms with Crippen LogP contribution in [0.1, 0.15) is 18.1 Å². The Hall–Kier alpha value is -3.93. The second kappa shape index (κ2) is 8.69. The van der Waals surface area contributed by atoms with Crippen molar-refractivity contribution in [1.82, 2.24) is 24.6 Å². The van der Waals surface area contributed by atoms with E-state index < -0.39 is 23.1 Å². The Morgan fingerprint density at radius 3 is 2.63 bits per heavy atom. The molecule has 1 atom stereocenters. The first-order chi connectivity index (χ1) is 16.7. The molecule has 0 radical (unpaired) electrons. The summed E-state index contributed by atoms with van der Waals surface area (Å²) in [5.41, 5.74) is -0.438. The number of hydrogen-bond acceptors (Lipinski definition) is 7. The second-order valence-electron chi connectivity index (χ2n) is 8.43. The van der Waals surface area contributed by atoms with Gasteiger partial charge in [0.2, 0.25) is 0 Å². The summed E-state index contributed by atoms with van der Waals surface area (Å²) < 4.78 is 44.8. The minimum absolute atomic E-state index is 0.0307. The largest absolute Gasteiger partial charge is 0.428 e. The topological polar surface area (TPSA) is 100 Å². The van der Waals surface area contributed by atoms with Crippen molar-refractivity contribution in [3.05, 3.63) is 80.8 Å². The lowest BCUT2D eigenvalue weighted by Gasteiger charge is -2.40. The molecular formula is C23H21F3N6O3. The summed E-state index contributed by atoms with van der Waals surface area (Å²) in [6.45, 7) is 4.10. The van der Waals surface area contributed by atoms with Crippen LogP contribution in [0.2, 0.25) is 0 Å². The van der Waals surface area contributed by atoms with Gasteiger partial charge in [-0.15, -0.1) is 0 Å². The smallest absolute Gasteiger partial charge is 0.409 e. The Bertz CT molecular complexity index is 1470. The van der Waals surface area contributed by atoms with E-state index >= 15 is 0 Å². The Morgan fingerprint density at radius 1 is 1.11 bits per heavy atom. The molecule has 0 saturated carbocycles. The van der Waals surface area contributed by atoms with Crippen LogP contribution >= 0.6 is 0 Å². The summed E-state index contributed by atoms with van der Waals surface area (Å²) in [5.74, 6) is -0.0887. The van der Waals surface area contributed by atoms with E-state index in [2.05, 4.69) is 20.1 Å². The fourth-order valence-electron chi connectivity index (χ4n) is 4.36. The monoisotopic (exact) mass is 486 g/mol. The van der Waals surface area contributed by atoms with Crippen LogP contribution < -0.4 is 16.2 Å². The number of aromatic amines is 1. The Kier molecular flexibility index (Phi) is 5.67. The highest BCUT2D eigenvalue weighted by molar-refractivity contribution is 5.75. The average molecular weight is 486 g/mol. The molecule has 0 amide bonds. The maximum Gasteiger partial charge on any atom is 0.428 e. The van der Waals surface area contributed by atoms with Gasteiger partial charge < -0.3 is 9.32 Å². The van der Waals surface area contributed by atoms with Crippen molar-refractivity contribution in [2.75, 3.05) is 24.5 Å². The molecule has 1 aliphatic rings.